The number of benzene rings is 2. The molecule has 0 heterocycles. The monoisotopic (exact) mass is 281 g/mol. The number of nitrogens with one attached hydrogen (secondary N) is 1. The lowest BCUT2D eigenvalue weighted by Crippen LogP contribution is -2.12. The summed E-state index contributed by atoms with van der Waals surface area (Å²) in [4.78, 5) is 0.128. The van der Waals surface area contributed by atoms with Gasteiger partial charge in [-0.1, -0.05) is 24.4 Å². The van der Waals surface area contributed by atoms with E-state index in [1.807, 2.05) is 0 Å². The zero-order valence-corrected chi connectivity index (χ0v) is 10.8. The van der Waals surface area contributed by atoms with Crippen molar-refractivity contribution in [3.05, 3.63) is 65.0 Å². The number of aryl methyl sites for hydroxylation is 1. The molecule has 1 nitrogen and oxygen atoms in total. The molecule has 0 atom stereocenters. The summed E-state index contributed by atoms with van der Waals surface area (Å²) in [6, 6.07) is 7.44. The first-order valence-electron chi connectivity index (χ1n) is 5.50. The van der Waals surface area contributed by atoms with Crippen LogP contribution in [-0.4, -0.2) is 4.99 Å². The van der Waals surface area contributed by atoms with E-state index >= 15 is 0 Å². The topological polar surface area (TPSA) is 12.0 Å². The molecular formula is C14H10F3NS. The van der Waals surface area contributed by atoms with Gasteiger partial charge in [-0.3, -0.25) is 0 Å². The van der Waals surface area contributed by atoms with Gasteiger partial charge in [-0.15, -0.1) is 0 Å². The second-order valence-corrected chi connectivity index (χ2v) is 4.45. The van der Waals surface area contributed by atoms with Crippen molar-refractivity contribution in [2.24, 2.45) is 0 Å². The zero-order chi connectivity index (χ0) is 14.0. The van der Waals surface area contributed by atoms with Crippen molar-refractivity contribution in [2.45, 2.75) is 6.92 Å². The van der Waals surface area contributed by atoms with Crippen LogP contribution in [0.2, 0.25) is 0 Å². The molecule has 2 rings (SSSR count). The summed E-state index contributed by atoms with van der Waals surface area (Å²) in [6.07, 6.45) is 0. The van der Waals surface area contributed by atoms with Crippen LogP contribution in [0.5, 0.6) is 0 Å². The van der Waals surface area contributed by atoms with Crippen molar-refractivity contribution in [3.8, 4) is 0 Å². The van der Waals surface area contributed by atoms with Crippen LogP contribution in [0.3, 0.4) is 0 Å². The van der Waals surface area contributed by atoms with Gasteiger partial charge in [0.2, 0.25) is 0 Å². The number of anilines is 1. The molecule has 0 bridgehead atoms. The molecule has 0 aliphatic rings. The molecule has 0 aliphatic carbocycles. The van der Waals surface area contributed by atoms with Crippen LogP contribution in [0, 0.1) is 24.4 Å². The molecule has 19 heavy (non-hydrogen) atoms. The van der Waals surface area contributed by atoms with Gasteiger partial charge in [-0.05, 0) is 30.7 Å². The zero-order valence-electron chi connectivity index (χ0n) is 10.0. The van der Waals surface area contributed by atoms with E-state index in [4.69, 9.17) is 12.2 Å². The predicted molar refractivity (Wildman–Crippen MR) is 72.8 cm³/mol. The summed E-state index contributed by atoms with van der Waals surface area (Å²) >= 11 is 5.04. The number of hydrogen-bond donors (Lipinski definition) is 1. The van der Waals surface area contributed by atoms with E-state index in [1.165, 1.54) is 6.07 Å². The Balaban J connectivity index is 2.25. The molecule has 0 saturated carbocycles. The van der Waals surface area contributed by atoms with E-state index in [9.17, 15) is 13.2 Å². The second-order valence-electron chi connectivity index (χ2n) is 4.04. The number of hydrogen-bond acceptors (Lipinski definition) is 1. The lowest BCUT2D eigenvalue weighted by atomic mass is 10.1. The van der Waals surface area contributed by atoms with E-state index in [0.29, 0.717) is 11.1 Å². The molecule has 2 aromatic rings. The van der Waals surface area contributed by atoms with Gasteiger partial charge in [-0.25, -0.2) is 13.2 Å². The molecular weight excluding hydrogens is 271 g/mol. The Morgan fingerprint density at radius 3 is 2.42 bits per heavy atom. The van der Waals surface area contributed by atoms with Crippen LogP contribution < -0.4 is 5.32 Å². The van der Waals surface area contributed by atoms with E-state index in [-0.39, 0.29) is 10.7 Å². The van der Waals surface area contributed by atoms with Crippen molar-refractivity contribution in [2.75, 3.05) is 5.32 Å². The Kier molecular flexibility index (Phi) is 3.85. The van der Waals surface area contributed by atoms with Gasteiger partial charge in [0.1, 0.15) is 22.4 Å². The Morgan fingerprint density at radius 1 is 1.00 bits per heavy atom. The first kappa shape index (κ1) is 13.5. The second kappa shape index (κ2) is 5.40. The third kappa shape index (κ3) is 3.12. The highest BCUT2D eigenvalue weighted by Gasteiger charge is 2.09. The smallest absolute Gasteiger partial charge is 0.146 e. The minimum Gasteiger partial charge on any atom is -0.344 e. The van der Waals surface area contributed by atoms with Gasteiger partial charge in [-0.2, -0.15) is 0 Å². The minimum absolute atomic E-state index is 0.0778. The van der Waals surface area contributed by atoms with Crippen molar-refractivity contribution >= 4 is 22.9 Å². The largest absolute Gasteiger partial charge is 0.344 e. The van der Waals surface area contributed by atoms with Crippen LogP contribution in [-0.2, 0) is 0 Å². The fourth-order valence-corrected chi connectivity index (χ4v) is 1.76. The summed E-state index contributed by atoms with van der Waals surface area (Å²) in [7, 11) is 0. The summed E-state index contributed by atoms with van der Waals surface area (Å²) in [5.41, 5.74) is 0.816. The normalized spacial score (nSPS) is 10.3. The van der Waals surface area contributed by atoms with E-state index < -0.39 is 17.5 Å². The molecule has 0 radical (unpaired) electrons. The lowest BCUT2D eigenvalue weighted by molar-refractivity contribution is 0.604. The molecule has 0 spiro atoms. The molecule has 0 aromatic heterocycles. The summed E-state index contributed by atoms with van der Waals surface area (Å²) < 4.78 is 39.8. The molecule has 0 aliphatic heterocycles. The average molecular weight is 281 g/mol. The number of halogens is 3. The Hall–Kier alpha value is -1.88. The number of rotatable bonds is 2. The molecule has 98 valence electrons. The van der Waals surface area contributed by atoms with E-state index in [1.54, 1.807) is 19.1 Å². The highest BCUT2D eigenvalue weighted by Crippen LogP contribution is 2.17. The quantitative estimate of drug-likeness (QED) is 0.828. The maximum absolute atomic E-state index is 13.4. The van der Waals surface area contributed by atoms with Gasteiger partial charge in [0.15, 0.2) is 0 Å². The Morgan fingerprint density at radius 2 is 1.74 bits per heavy atom. The highest BCUT2D eigenvalue weighted by molar-refractivity contribution is 7.81. The third-order valence-electron chi connectivity index (χ3n) is 2.61. The summed E-state index contributed by atoms with van der Waals surface area (Å²) in [6.45, 7) is 1.63. The van der Waals surface area contributed by atoms with Crippen molar-refractivity contribution in [1.82, 2.24) is 0 Å². The SMILES string of the molecule is Cc1ccc(C(=S)Nc2cc(F)ccc2F)cc1F. The third-order valence-corrected chi connectivity index (χ3v) is 2.95. The first-order chi connectivity index (χ1) is 8.97. The van der Waals surface area contributed by atoms with Crippen LogP contribution >= 0.6 is 12.2 Å². The fourth-order valence-electron chi connectivity index (χ4n) is 1.52. The van der Waals surface area contributed by atoms with E-state index in [0.717, 1.165) is 18.2 Å². The van der Waals surface area contributed by atoms with Gasteiger partial charge < -0.3 is 5.32 Å². The molecule has 0 saturated heterocycles. The average Bonchev–Trinajstić information content (AvgIpc) is 2.37. The van der Waals surface area contributed by atoms with Gasteiger partial charge in [0, 0.05) is 11.6 Å². The van der Waals surface area contributed by atoms with Gasteiger partial charge in [0.05, 0.1) is 5.69 Å². The molecule has 0 amide bonds. The number of thiocarbonyl (C=S) groups is 1. The van der Waals surface area contributed by atoms with Crippen LogP contribution in [0.4, 0.5) is 18.9 Å². The molecule has 0 fully saturated rings. The van der Waals surface area contributed by atoms with Crippen molar-refractivity contribution < 1.29 is 13.2 Å². The Labute approximate surface area is 114 Å². The maximum atomic E-state index is 13.4. The molecule has 0 unspecified atom stereocenters. The van der Waals surface area contributed by atoms with Gasteiger partial charge >= 0.3 is 0 Å². The minimum atomic E-state index is -0.628. The van der Waals surface area contributed by atoms with Crippen LogP contribution in [0.15, 0.2) is 36.4 Å². The Bertz CT molecular complexity index is 641. The standard InChI is InChI=1S/C14H10F3NS/c1-8-2-3-9(6-12(8)17)14(19)18-13-7-10(15)4-5-11(13)16/h2-7H,1H3,(H,18,19). The fraction of sp³-hybridized carbons (Fsp3) is 0.0714. The predicted octanol–water partition coefficient (Wildman–Crippen LogP) is 4.20. The summed E-state index contributed by atoms with van der Waals surface area (Å²) in [5.74, 6) is -1.61. The van der Waals surface area contributed by atoms with Crippen molar-refractivity contribution in [1.29, 1.82) is 0 Å². The molecule has 5 heteroatoms. The molecule has 2 aromatic carbocycles. The van der Waals surface area contributed by atoms with Crippen LogP contribution in [0.25, 0.3) is 0 Å². The maximum Gasteiger partial charge on any atom is 0.146 e. The van der Waals surface area contributed by atoms with Crippen molar-refractivity contribution in [3.63, 3.8) is 0 Å². The lowest BCUT2D eigenvalue weighted by Gasteiger charge is -2.10. The van der Waals surface area contributed by atoms with Crippen LogP contribution in [0.1, 0.15) is 11.1 Å². The van der Waals surface area contributed by atoms with E-state index in [2.05, 4.69) is 5.32 Å². The molecule has 1 N–H and O–H groups in total. The highest BCUT2D eigenvalue weighted by atomic mass is 32.1. The summed E-state index contributed by atoms with van der Waals surface area (Å²) in [5, 5.41) is 2.56. The van der Waals surface area contributed by atoms with Gasteiger partial charge in [0.25, 0.3) is 0 Å². The first-order valence-corrected chi connectivity index (χ1v) is 5.91.